The van der Waals surface area contributed by atoms with Gasteiger partial charge in [-0.1, -0.05) is 13.3 Å². The van der Waals surface area contributed by atoms with Crippen molar-refractivity contribution in [3.05, 3.63) is 0 Å². The van der Waals surface area contributed by atoms with Crippen LogP contribution in [0.3, 0.4) is 0 Å². The molecule has 0 spiro atoms. The van der Waals surface area contributed by atoms with Crippen LogP contribution in [-0.4, -0.2) is 13.2 Å². The minimum absolute atomic E-state index is 0.129. The number of nitrogens with two attached hydrogens (primary N) is 1. The van der Waals surface area contributed by atoms with E-state index in [9.17, 15) is 4.39 Å². The van der Waals surface area contributed by atoms with Crippen molar-refractivity contribution < 1.29 is 4.39 Å². The second-order valence-corrected chi connectivity index (χ2v) is 4.06. The third kappa shape index (κ3) is 2.19. The Morgan fingerprint density at radius 1 is 1.42 bits per heavy atom. The summed E-state index contributed by atoms with van der Waals surface area (Å²) in [7, 11) is 0. The lowest BCUT2D eigenvalue weighted by Crippen LogP contribution is -2.16. The van der Waals surface area contributed by atoms with Gasteiger partial charge in [0.05, 0.1) is 6.67 Å². The summed E-state index contributed by atoms with van der Waals surface area (Å²) in [5, 5.41) is 0. The largest absolute Gasteiger partial charge is 0.330 e. The summed E-state index contributed by atoms with van der Waals surface area (Å²) < 4.78 is 12.6. The predicted molar refractivity (Wildman–Crippen MR) is 49.6 cm³/mol. The van der Waals surface area contributed by atoms with Crippen LogP contribution in [0.4, 0.5) is 4.39 Å². The van der Waals surface area contributed by atoms with Crippen molar-refractivity contribution in [3.63, 3.8) is 0 Å². The molecule has 2 N–H and O–H groups in total. The molecule has 1 saturated carbocycles. The van der Waals surface area contributed by atoms with Crippen LogP contribution in [-0.2, 0) is 0 Å². The van der Waals surface area contributed by atoms with E-state index in [4.69, 9.17) is 5.73 Å². The molecule has 0 aromatic carbocycles. The standard InChI is InChI=1S/C10H20FN/c1-8-4-5-9(3-2-6-12)10(8)7-11/h8-10H,2-7,12H2,1H3/t8-,9+,10-/m0/s1. The molecule has 3 atom stereocenters. The quantitative estimate of drug-likeness (QED) is 0.694. The van der Waals surface area contributed by atoms with Crippen molar-refractivity contribution in [3.8, 4) is 0 Å². The van der Waals surface area contributed by atoms with Gasteiger partial charge in [-0.2, -0.15) is 0 Å². The van der Waals surface area contributed by atoms with Crippen molar-refractivity contribution >= 4 is 0 Å². The lowest BCUT2D eigenvalue weighted by Gasteiger charge is -2.18. The molecule has 12 heavy (non-hydrogen) atoms. The molecule has 0 radical (unpaired) electrons. The fraction of sp³-hybridized carbons (Fsp3) is 1.00. The molecule has 1 aliphatic rings. The van der Waals surface area contributed by atoms with Gasteiger partial charge in [0, 0.05) is 0 Å². The van der Waals surface area contributed by atoms with Crippen LogP contribution in [0.2, 0.25) is 0 Å². The molecule has 0 unspecified atom stereocenters. The van der Waals surface area contributed by atoms with Crippen LogP contribution in [0.1, 0.15) is 32.6 Å². The van der Waals surface area contributed by atoms with Crippen molar-refractivity contribution in [1.82, 2.24) is 0 Å². The average molecular weight is 173 g/mol. The Balaban J connectivity index is 2.32. The molecule has 1 aliphatic carbocycles. The van der Waals surface area contributed by atoms with Crippen molar-refractivity contribution in [2.45, 2.75) is 32.6 Å². The van der Waals surface area contributed by atoms with Crippen molar-refractivity contribution in [2.75, 3.05) is 13.2 Å². The minimum atomic E-state index is -0.129. The van der Waals surface area contributed by atoms with E-state index in [2.05, 4.69) is 6.92 Å². The zero-order valence-corrected chi connectivity index (χ0v) is 7.93. The van der Waals surface area contributed by atoms with Crippen LogP contribution in [0.15, 0.2) is 0 Å². The minimum Gasteiger partial charge on any atom is -0.330 e. The van der Waals surface area contributed by atoms with E-state index in [1.54, 1.807) is 0 Å². The molecule has 0 bridgehead atoms. The molecule has 0 saturated heterocycles. The Kier molecular flexibility index (Phi) is 3.99. The second-order valence-electron chi connectivity index (χ2n) is 4.06. The van der Waals surface area contributed by atoms with Gasteiger partial charge in [0.25, 0.3) is 0 Å². The van der Waals surface area contributed by atoms with Gasteiger partial charge in [0.15, 0.2) is 0 Å². The Bertz CT molecular complexity index is 127. The number of hydrogen-bond acceptors (Lipinski definition) is 1. The van der Waals surface area contributed by atoms with E-state index in [0.717, 1.165) is 19.4 Å². The van der Waals surface area contributed by atoms with Crippen LogP contribution in [0.5, 0.6) is 0 Å². The van der Waals surface area contributed by atoms with E-state index >= 15 is 0 Å². The fourth-order valence-electron chi connectivity index (χ4n) is 2.39. The highest BCUT2D eigenvalue weighted by Gasteiger charge is 2.32. The molecule has 1 nitrogen and oxygen atoms in total. The third-order valence-electron chi connectivity index (χ3n) is 3.29. The van der Waals surface area contributed by atoms with Crippen LogP contribution < -0.4 is 5.73 Å². The summed E-state index contributed by atoms with van der Waals surface area (Å²) in [5.74, 6) is 1.54. The number of alkyl halides is 1. The van der Waals surface area contributed by atoms with Crippen LogP contribution in [0, 0.1) is 17.8 Å². The summed E-state index contributed by atoms with van der Waals surface area (Å²) in [4.78, 5) is 0. The molecule has 72 valence electrons. The topological polar surface area (TPSA) is 26.0 Å². The molecule has 1 rings (SSSR count). The predicted octanol–water partition coefficient (Wildman–Crippen LogP) is 2.36. The lowest BCUT2D eigenvalue weighted by molar-refractivity contribution is 0.239. The summed E-state index contributed by atoms with van der Waals surface area (Å²) >= 11 is 0. The molecule has 0 amide bonds. The number of rotatable bonds is 4. The van der Waals surface area contributed by atoms with E-state index < -0.39 is 0 Å². The SMILES string of the molecule is C[C@H]1CC[C@@H](CCCN)[C@H]1CF. The Hall–Kier alpha value is -0.110. The maximum Gasteiger partial charge on any atom is 0.0927 e. The van der Waals surface area contributed by atoms with Gasteiger partial charge in [0.2, 0.25) is 0 Å². The third-order valence-corrected chi connectivity index (χ3v) is 3.29. The maximum absolute atomic E-state index is 12.6. The monoisotopic (exact) mass is 173 g/mol. The zero-order chi connectivity index (χ0) is 8.97. The highest BCUT2D eigenvalue weighted by molar-refractivity contribution is 4.82. The summed E-state index contributed by atoms with van der Waals surface area (Å²) in [6.07, 6.45) is 4.63. The smallest absolute Gasteiger partial charge is 0.0927 e. The first-order valence-corrected chi connectivity index (χ1v) is 5.05. The van der Waals surface area contributed by atoms with Gasteiger partial charge in [-0.05, 0) is 43.6 Å². The first-order chi connectivity index (χ1) is 5.79. The van der Waals surface area contributed by atoms with Gasteiger partial charge in [0.1, 0.15) is 0 Å². The highest BCUT2D eigenvalue weighted by atomic mass is 19.1. The van der Waals surface area contributed by atoms with E-state index in [1.165, 1.54) is 12.8 Å². The van der Waals surface area contributed by atoms with E-state index in [1.807, 2.05) is 0 Å². The molecule has 0 heterocycles. The summed E-state index contributed by atoms with van der Waals surface area (Å²) in [6.45, 7) is 2.80. The molecular formula is C10H20FN. The summed E-state index contributed by atoms with van der Waals surface area (Å²) in [5.41, 5.74) is 5.43. The molecule has 0 aromatic heterocycles. The molecule has 1 fully saturated rings. The highest BCUT2D eigenvalue weighted by Crippen LogP contribution is 2.39. The normalized spacial score (nSPS) is 35.8. The molecular weight excluding hydrogens is 153 g/mol. The van der Waals surface area contributed by atoms with Gasteiger partial charge in [-0.15, -0.1) is 0 Å². The first-order valence-electron chi connectivity index (χ1n) is 5.05. The zero-order valence-electron chi connectivity index (χ0n) is 7.93. The van der Waals surface area contributed by atoms with Crippen LogP contribution in [0.25, 0.3) is 0 Å². The fourth-order valence-corrected chi connectivity index (χ4v) is 2.39. The van der Waals surface area contributed by atoms with E-state index in [0.29, 0.717) is 17.8 Å². The number of halogens is 1. The second kappa shape index (κ2) is 4.80. The first kappa shape index (κ1) is 9.97. The Morgan fingerprint density at radius 2 is 2.17 bits per heavy atom. The van der Waals surface area contributed by atoms with Gasteiger partial charge < -0.3 is 5.73 Å². The summed E-state index contributed by atoms with van der Waals surface area (Å²) in [6, 6.07) is 0. The maximum atomic E-state index is 12.6. The van der Waals surface area contributed by atoms with Crippen molar-refractivity contribution in [1.29, 1.82) is 0 Å². The van der Waals surface area contributed by atoms with Crippen molar-refractivity contribution in [2.24, 2.45) is 23.5 Å². The molecule has 0 aliphatic heterocycles. The van der Waals surface area contributed by atoms with Gasteiger partial charge in [-0.3, -0.25) is 4.39 Å². The molecule has 0 aromatic rings. The number of hydrogen-bond donors (Lipinski definition) is 1. The van der Waals surface area contributed by atoms with Crippen LogP contribution >= 0.6 is 0 Å². The Labute approximate surface area is 74.5 Å². The van der Waals surface area contributed by atoms with Gasteiger partial charge >= 0.3 is 0 Å². The lowest BCUT2D eigenvalue weighted by atomic mass is 9.88. The molecule has 2 heteroatoms. The van der Waals surface area contributed by atoms with Gasteiger partial charge in [-0.25, -0.2) is 0 Å². The van der Waals surface area contributed by atoms with E-state index in [-0.39, 0.29) is 6.67 Å². The average Bonchev–Trinajstić information content (AvgIpc) is 2.43. The Morgan fingerprint density at radius 3 is 2.75 bits per heavy atom.